The maximum atomic E-state index is 11.9. The summed E-state index contributed by atoms with van der Waals surface area (Å²) in [6.45, 7) is 2.37. The highest BCUT2D eigenvalue weighted by Gasteiger charge is 2.10. The highest BCUT2D eigenvalue weighted by Crippen LogP contribution is 2.29. The van der Waals surface area contributed by atoms with Crippen molar-refractivity contribution in [1.29, 1.82) is 0 Å². The van der Waals surface area contributed by atoms with Crippen molar-refractivity contribution in [3.8, 4) is 11.5 Å². The minimum absolute atomic E-state index is 0.143. The highest BCUT2D eigenvalue weighted by atomic mass is 35.5. The molecule has 0 saturated heterocycles. The standard InChI is InChI=1S/C16H15Cl2NO3/c1-2-21-11-6-8-12(9-7-11)22-10-15(20)19-16-13(17)4-3-5-14(16)18/h3-9H,2,10H2,1H3,(H,19,20). The van der Waals surface area contributed by atoms with Gasteiger partial charge in [0.2, 0.25) is 0 Å². The minimum Gasteiger partial charge on any atom is -0.494 e. The van der Waals surface area contributed by atoms with E-state index in [9.17, 15) is 4.79 Å². The quantitative estimate of drug-likeness (QED) is 0.847. The molecule has 22 heavy (non-hydrogen) atoms. The van der Waals surface area contributed by atoms with E-state index in [0.29, 0.717) is 28.1 Å². The lowest BCUT2D eigenvalue weighted by atomic mass is 10.3. The number of nitrogens with one attached hydrogen (secondary N) is 1. The molecule has 0 radical (unpaired) electrons. The first kappa shape index (κ1) is 16.5. The first-order valence-corrected chi connectivity index (χ1v) is 7.45. The molecule has 2 aromatic carbocycles. The number of rotatable bonds is 6. The Morgan fingerprint density at radius 3 is 2.09 bits per heavy atom. The Hall–Kier alpha value is -1.91. The first-order chi connectivity index (χ1) is 10.6. The maximum absolute atomic E-state index is 11.9. The van der Waals surface area contributed by atoms with Crippen molar-refractivity contribution in [1.82, 2.24) is 0 Å². The Bertz CT molecular complexity index is 624. The van der Waals surface area contributed by atoms with Gasteiger partial charge >= 0.3 is 0 Å². The van der Waals surface area contributed by atoms with E-state index in [2.05, 4.69) is 5.32 Å². The van der Waals surface area contributed by atoms with Crippen LogP contribution in [0.3, 0.4) is 0 Å². The van der Waals surface area contributed by atoms with Gasteiger partial charge in [0, 0.05) is 0 Å². The van der Waals surface area contributed by atoms with Crippen molar-refractivity contribution in [2.24, 2.45) is 0 Å². The predicted molar refractivity (Wildman–Crippen MR) is 88.2 cm³/mol. The Balaban J connectivity index is 1.90. The van der Waals surface area contributed by atoms with E-state index in [1.165, 1.54) is 0 Å². The number of ether oxygens (including phenoxy) is 2. The fourth-order valence-corrected chi connectivity index (χ4v) is 2.23. The third-order valence-electron chi connectivity index (χ3n) is 2.73. The van der Waals surface area contributed by atoms with Gasteiger partial charge < -0.3 is 14.8 Å². The normalized spacial score (nSPS) is 10.1. The van der Waals surface area contributed by atoms with E-state index < -0.39 is 0 Å². The molecule has 0 fully saturated rings. The van der Waals surface area contributed by atoms with Gasteiger partial charge in [-0.25, -0.2) is 0 Å². The zero-order valence-electron chi connectivity index (χ0n) is 11.9. The van der Waals surface area contributed by atoms with Gasteiger partial charge in [-0.05, 0) is 43.3 Å². The summed E-state index contributed by atoms with van der Waals surface area (Å²) in [6.07, 6.45) is 0. The summed E-state index contributed by atoms with van der Waals surface area (Å²) in [6, 6.07) is 12.0. The smallest absolute Gasteiger partial charge is 0.262 e. The van der Waals surface area contributed by atoms with E-state index in [1.807, 2.05) is 6.92 Å². The van der Waals surface area contributed by atoms with Crippen LogP contribution in [-0.2, 0) is 4.79 Å². The molecule has 0 aliphatic rings. The zero-order chi connectivity index (χ0) is 15.9. The highest BCUT2D eigenvalue weighted by molar-refractivity contribution is 6.39. The number of hydrogen-bond donors (Lipinski definition) is 1. The molecular formula is C16H15Cl2NO3. The SMILES string of the molecule is CCOc1ccc(OCC(=O)Nc2c(Cl)cccc2Cl)cc1. The molecule has 2 rings (SSSR count). The fourth-order valence-electron chi connectivity index (χ4n) is 1.74. The molecule has 0 aliphatic carbocycles. The largest absolute Gasteiger partial charge is 0.494 e. The molecule has 4 nitrogen and oxygen atoms in total. The Labute approximate surface area is 138 Å². The third kappa shape index (κ3) is 4.55. The number of carbonyl (C=O) groups is 1. The average Bonchev–Trinajstić information content (AvgIpc) is 2.51. The van der Waals surface area contributed by atoms with Gasteiger partial charge in [0.25, 0.3) is 5.91 Å². The second-order valence-electron chi connectivity index (χ2n) is 4.34. The lowest BCUT2D eigenvalue weighted by molar-refractivity contribution is -0.118. The lowest BCUT2D eigenvalue weighted by Crippen LogP contribution is -2.20. The van der Waals surface area contributed by atoms with Crippen molar-refractivity contribution in [2.45, 2.75) is 6.92 Å². The van der Waals surface area contributed by atoms with E-state index in [1.54, 1.807) is 42.5 Å². The average molecular weight is 340 g/mol. The van der Waals surface area contributed by atoms with E-state index in [4.69, 9.17) is 32.7 Å². The van der Waals surface area contributed by atoms with Gasteiger partial charge in [-0.2, -0.15) is 0 Å². The minimum atomic E-state index is -0.344. The second kappa shape index (κ2) is 7.92. The van der Waals surface area contributed by atoms with Gasteiger partial charge in [0.05, 0.1) is 22.3 Å². The van der Waals surface area contributed by atoms with Crippen molar-refractivity contribution < 1.29 is 14.3 Å². The zero-order valence-corrected chi connectivity index (χ0v) is 13.4. The van der Waals surface area contributed by atoms with Crippen LogP contribution in [0.1, 0.15) is 6.92 Å². The number of hydrogen-bond acceptors (Lipinski definition) is 3. The molecule has 0 unspecified atom stereocenters. The number of anilines is 1. The molecule has 1 N–H and O–H groups in total. The second-order valence-corrected chi connectivity index (χ2v) is 5.15. The van der Waals surface area contributed by atoms with Gasteiger partial charge in [-0.15, -0.1) is 0 Å². The summed E-state index contributed by atoms with van der Waals surface area (Å²) >= 11 is 12.0. The molecule has 0 aromatic heterocycles. The van der Waals surface area contributed by atoms with Gasteiger partial charge in [-0.1, -0.05) is 29.3 Å². The van der Waals surface area contributed by atoms with Crippen LogP contribution in [0.2, 0.25) is 10.0 Å². The van der Waals surface area contributed by atoms with Crippen LogP contribution in [0.15, 0.2) is 42.5 Å². The lowest BCUT2D eigenvalue weighted by Gasteiger charge is -2.10. The van der Waals surface area contributed by atoms with Crippen LogP contribution < -0.4 is 14.8 Å². The summed E-state index contributed by atoms with van der Waals surface area (Å²) in [5, 5.41) is 3.38. The van der Waals surface area contributed by atoms with Crippen LogP contribution in [0.25, 0.3) is 0 Å². The number of carbonyl (C=O) groups excluding carboxylic acids is 1. The molecule has 0 atom stereocenters. The van der Waals surface area contributed by atoms with Crippen LogP contribution in [0, 0.1) is 0 Å². The van der Waals surface area contributed by atoms with E-state index in [0.717, 1.165) is 5.75 Å². The van der Waals surface area contributed by atoms with Gasteiger partial charge in [0.1, 0.15) is 11.5 Å². The maximum Gasteiger partial charge on any atom is 0.262 e. The molecule has 116 valence electrons. The van der Waals surface area contributed by atoms with E-state index >= 15 is 0 Å². The monoisotopic (exact) mass is 339 g/mol. The van der Waals surface area contributed by atoms with Crippen molar-refractivity contribution in [2.75, 3.05) is 18.5 Å². The van der Waals surface area contributed by atoms with Crippen LogP contribution in [0.4, 0.5) is 5.69 Å². The summed E-state index contributed by atoms with van der Waals surface area (Å²) < 4.78 is 10.7. The summed E-state index contributed by atoms with van der Waals surface area (Å²) in [5.41, 5.74) is 0.381. The van der Waals surface area contributed by atoms with Crippen LogP contribution in [0.5, 0.6) is 11.5 Å². The van der Waals surface area contributed by atoms with Crippen LogP contribution in [-0.4, -0.2) is 19.1 Å². The van der Waals surface area contributed by atoms with Crippen molar-refractivity contribution in [3.05, 3.63) is 52.5 Å². The van der Waals surface area contributed by atoms with Crippen molar-refractivity contribution in [3.63, 3.8) is 0 Å². The van der Waals surface area contributed by atoms with Crippen molar-refractivity contribution >= 4 is 34.8 Å². The molecular weight excluding hydrogens is 325 g/mol. The first-order valence-electron chi connectivity index (χ1n) is 6.69. The number of halogens is 2. The van der Waals surface area contributed by atoms with Gasteiger partial charge in [-0.3, -0.25) is 4.79 Å². The summed E-state index contributed by atoms with van der Waals surface area (Å²) in [7, 11) is 0. The molecule has 0 bridgehead atoms. The molecule has 0 aliphatic heterocycles. The predicted octanol–water partition coefficient (Wildman–Crippen LogP) is 4.41. The van der Waals surface area contributed by atoms with E-state index in [-0.39, 0.29) is 12.5 Å². The topological polar surface area (TPSA) is 47.6 Å². The third-order valence-corrected chi connectivity index (χ3v) is 3.36. The van der Waals surface area contributed by atoms with Gasteiger partial charge in [0.15, 0.2) is 6.61 Å². The fraction of sp³-hybridized carbons (Fsp3) is 0.188. The number of para-hydroxylation sites is 1. The molecule has 0 heterocycles. The number of benzene rings is 2. The molecule has 0 spiro atoms. The Morgan fingerprint density at radius 1 is 1.00 bits per heavy atom. The Kier molecular flexibility index (Phi) is 5.92. The summed E-state index contributed by atoms with van der Waals surface area (Å²) in [5.74, 6) is 0.981. The summed E-state index contributed by atoms with van der Waals surface area (Å²) in [4.78, 5) is 11.9. The molecule has 6 heteroatoms. The molecule has 1 amide bonds. The number of amides is 1. The molecule has 2 aromatic rings. The Morgan fingerprint density at radius 2 is 1.55 bits per heavy atom. The molecule has 0 saturated carbocycles. The van der Waals surface area contributed by atoms with Crippen LogP contribution >= 0.6 is 23.2 Å².